The quantitative estimate of drug-likeness (QED) is 0.0321. The number of unbranched alkanes of at least 4 members (excludes halogenated alkanes) is 45. The summed E-state index contributed by atoms with van der Waals surface area (Å²) in [5, 5.41) is 23.2. The van der Waals surface area contributed by atoms with Gasteiger partial charge >= 0.3 is 5.97 Å². The molecule has 0 radical (unpaired) electrons. The molecular weight excluding hydrogens is 839 g/mol. The second-order valence-electron chi connectivity index (χ2n) is 21.4. The van der Waals surface area contributed by atoms with Crippen LogP contribution in [-0.4, -0.2) is 47.4 Å². The summed E-state index contributed by atoms with van der Waals surface area (Å²) < 4.78 is 5.50. The highest BCUT2D eigenvalue weighted by atomic mass is 16.5. The topological polar surface area (TPSA) is 95.9 Å². The SMILES string of the molecule is CCCCCCCC/C=C\CCCCCCCCCCCC(=O)OCCCCCCCCCCCCCCCCCCCCCCCCC(=O)NC(CO)C(O)CCCCCCCCCCCC. The van der Waals surface area contributed by atoms with Gasteiger partial charge in [-0.3, -0.25) is 9.59 Å². The van der Waals surface area contributed by atoms with Crippen molar-refractivity contribution in [3.05, 3.63) is 12.2 Å². The van der Waals surface area contributed by atoms with Crippen LogP contribution >= 0.6 is 0 Å². The molecule has 2 unspecified atom stereocenters. The molecule has 2 atom stereocenters. The highest BCUT2D eigenvalue weighted by Gasteiger charge is 2.20. The number of carbonyl (C=O) groups is 2. The van der Waals surface area contributed by atoms with Gasteiger partial charge in [0.05, 0.1) is 25.4 Å². The van der Waals surface area contributed by atoms with E-state index < -0.39 is 12.1 Å². The van der Waals surface area contributed by atoms with Gasteiger partial charge in [-0.05, 0) is 51.4 Å². The third-order valence-electron chi connectivity index (χ3n) is 14.6. The first-order valence-electron chi connectivity index (χ1n) is 30.9. The molecule has 0 bridgehead atoms. The van der Waals surface area contributed by atoms with Crippen molar-refractivity contribution in [1.29, 1.82) is 0 Å². The van der Waals surface area contributed by atoms with Gasteiger partial charge in [-0.25, -0.2) is 0 Å². The summed E-state index contributed by atoms with van der Waals surface area (Å²) in [6.45, 7) is 4.95. The third-order valence-corrected chi connectivity index (χ3v) is 14.6. The Bertz CT molecular complexity index is 1020. The molecule has 3 N–H and O–H groups in total. The van der Waals surface area contributed by atoms with Gasteiger partial charge < -0.3 is 20.3 Å². The number of hydrogen-bond donors (Lipinski definition) is 3. The fourth-order valence-electron chi connectivity index (χ4n) is 9.81. The minimum atomic E-state index is -0.662. The summed E-state index contributed by atoms with van der Waals surface area (Å²) in [6, 6.07) is -0.539. The zero-order chi connectivity index (χ0) is 49.3. The lowest BCUT2D eigenvalue weighted by atomic mass is 10.0. The molecule has 0 saturated heterocycles. The molecule has 0 rings (SSSR count). The van der Waals surface area contributed by atoms with Crippen molar-refractivity contribution in [3.8, 4) is 0 Å². The fourth-order valence-corrected chi connectivity index (χ4v) is 9.81. The highest BCUT2D eigenvalue weighted by Crippen LogP contribution is 2.18. The number of rotatable bonds is 58. The van der Waals surface area contributed by atoms with Gasteiger partial charge in [-0.15, -0.1) is 0 Å². The monoisotopic (exact) mass is 960 g/mol. The van der Waals surface area contributed by atoms with Gasteiger partial charge in [0.15, 0.2) is 0 Å². The minimum Gasteiger partial charge on any atom is -0.466 e. The summed E-state index contributed by atoms with van der Waals surface area (Å²) in [5.41, 5.74) is 0. The molecule has 0 aliphatic rings. The van der Waals surface area contributed by atoms with Gasteiger partial charge in [-0.2, -0.15) is 0 Å². The molecular formula is C62H121NO5. The van der Waals surface area contributed by atoms with E-state index in [1.165, 1.54) is 270 Å². The Labute approximate surface area is 425 Å². The van der Waals surface area contributed by atoms with Crippen LogP contribution in [-0.2, 0) is 14.3 Å². The van der Waals surface area contributed by atoms with Gasteiger partial charge in [0.1, 0.15) is 0 Å². The first-order chi connectivity index (χ1) is 33.5. The Kier molecular flexibility index (Phi) is 57.0. The first kappa shape index (κ1) is 66.6. The highest BCUT2D eigenvalue weighted by molar-refractivity contribution is 5.76. The van der Waals surface area contributed by atoms with Crippen molar-refractivity contribution < 1.29 is 24.5 Å². The molecule has 0 spiro atoms. The van der Waals surface area contributed by atoms with E-state index in [9.17, 15) is 19.8 Å². The Hall–Kier alpha value is -1.40. The zero-order valence-electron chi connectivity index (χ0n) is 46.1. The second-order valence-corrected chi connectivity index (χ2v) is 21.4. The van der Waals surface area contributed by atoms with E-state index in [4.69, 9.17) is 4.74 Å². The first-order valence-corrected chi connectivity index (χ1v) is 30.9. The van der Waals surface area contributed by atoms with E-state index in [0.29, 0.717) is 25.9 Å². The number of amides is 1. The molecule has 0 fully saturated rings. The van der Waals surface area contributed by atoms with Crippen LogP contribution in [0, 0.1) is 0 Å². The summed E-state index contributed by atoms with van der Waals surface area (Å²) >= 11 is 0. The molecule has 6 nitrogen and oxygen atoms in total. The van der Waals surface area contributed by atoms with Crippen LogP contribution in [0.4, 0.5) is 0 Å². The van der Waals surface area contributed by atoms with Crippen molar-refractivity contribution in [3.63, 3.8) is 0 Å². The molecule has 1 amide bonds. The standard InChI is InChI=1S/C62H121NO5/c1-3-5-7-9-11-13-15-16-17-18-23-27-30-33-36-40-44-48-52-56-62(67)68-57-53-49-45-41-37-34-31-28-25-22-20-19-21-24-26-29-32-35-39-43-47-51-55-61(66)63-59(58-64)60(65)54-50-46-42-38-14-12-10-8-6-4-2/h16-17,59-60,64-65H,3-15,18-58H2,1-2H3,(H,63,66)/b17-16-. The molecule has 0 aromatic rings. The number of ether oxygens (including phenoxy) is 1. The number of aliphatic hydroxyl groups is 2. The molecule has 0 aliphatic heterocycles. The third kappa shape index (κ3) is 53.9. The number of hydrogen-bond acceptors (Lipinski definition) is 5. The molecule has 404 valence electrons. The van der Waals surface area contributed by atoms with Crippen LogP contribution in [0.2, 0.25) is 0 Å². The molecule has 6 heteroatoms. The van der Waals surface area contributed by atoms with Gasteiger partial charge in [0.2, 0.25) is 5.91 Å². The Morgan fingerprint density at radius 2 is 0.691 bits per heavy atom. The summed E-state index contributed by atoms with van der Waals surface area (Å²) in [6.07, 6.45) is 69.4. The molecule has 0 heterocycles. The van der Waals surface area contributed by atoms with Crippen LogP contribution < -0.4 is 5.32 Å². The smallest absolute Gasteiger partial charge is 0.305 e. The van der Waals surface area contributed by atoms with Crippen molar-refractivity contribution >= 4 is 11.9 Å². The van der Waals surface area contributed by atoms with E-state index in [2.05, 4.69) is 31.3 Å². The van der Waals surface area contributed by atoms with Gasteiger partial charge in [0, 0.05) is 12.8 Å². The average molecular weight is 961 g/mol. The van der Waals surface area contributed by atoms with E-state index in [1.54, 1.807) is 0 Å². The summed E-state index contributed by atoms with van der Waals surface area (Å²) in [5.74, 6) is -0.0219. The maximum atomic E-state index is 12.4. The predicted octanol–water partition coefficient (Wildman–Crippen LogP) is 19.2. The van der Waals surface area contributed by atoms with Crippen LogP contribution in [0.1, 0.15) is 348 Å². The van der Waals surface area contributed by atoms with Crippen LogP contribution in [0.15, 0.2) is 12.2 Å². The maximum absolute atomic E-state index is 12.4. The summed E-state index contributed by atoms with van der Waals surface area (Å²) in [7, 11) is 0. The number of allylic oxidation sites excluding steroid dienone is 2. The lowest BCUT2D eigenvalue weighted by Gasteiger charge is -2.22. The Morgan fingerprint density at radius 1 is 0.397 bits per heavy atom. The lowest BCUT2D eigenvalue weighted by Crippen LogP contribution is -2.45. The second kappa shape index (κ2) is 58.2. The van der Waals surface area contributed by atoms with Crippen molar-refractivity contribution in [2.45, 2.75) is 360 Å². The molecule has 0 saturated carbocycles. The normalized spacial score (nSPS) is 12.6. The molecule has 0 aromatic carbocycles. The number of aliphatic hydroxyl groups excluding tert-OH is 2. The molecule has 0 aliphatic carbocycles. The molecule has 0 aromatic heterocycles. The van der Waals surface area contributed by atoms with Crippen molar-refractivity contribution in [2.75, 3.05) is 13.2 Å². The van der Waals surface area contributed by atoms with Gasteiger partial charge in [-0.1, -0.05) is 296 Å². The van der Waals surface area contributed by atoms with Crippen LogP contribution in [0.5, 0.6) is 0 Å². The Balaban J connectivity index is 3.33. The molecule has 68 heavy (non-hydrogen) atoms. The lowest BCUT2D eigenvalue weighted by molar-refractivity contribution is -0.143. The minimum absolute atomic E-state index is 0.0134. The van der Waals surface area contributed by atoms with E-state index in [1.807, 2.05) is 0 Å². The largest absolute Gasteiger partial charge is 0.466 e. The van der Waals surface area contributed by atoms with E-state index in [-0.39, 0.29) is 18.5 Å². The number of carbonyl (C=O) groups excluding carboxylic acids is 2. The predicted molar refractivity (Wildman–Crippen MR) is 297 cm³/mol. The number of nitrogens with one attached hydrogen (secondary N) is 1. The summed E-state index contributed by atoms with van der Waals surface area (Å²) in [4.78, 5) is 24.5. The van der Waals surface area contributed by atoms with E-state index >= 15 is 0 Å². The van der Waals surface area contributed by atoms with Crippen molar-refractivity contribution in [2.24, 2.45) is 0 Å². The van der Waals surface area contributed by atoms with Crippen molar-refractivity contribution in [1.82, 2.24) is 5.32 Å². The van der Waals surface area contributed by atoms with Crippen LogP contribution in [0.3, 0.4) is 0 Å². The zero-order valence-corrected chi connectivity index (χ0v) is 46.1. The Morgan fingerprint density at radius 3 is 1.04 bits per heavy atom. The van der Waals surface area contributed by atoms with E-state index in [0.717, 1.165) is 44.9 Å². The average Bonchev–Trinajstić information content (AvgIpc) is 3.34. The maximum Gasteiger partial charge on any atom is 0.305 e. The van der Waals surface area contributed by atoms with Crippen LogP contribution in [0.25, 0.3) is 0 Å². The number of esters is 1. The van der Waals surface area contributed by atoms with Gasteiger partial charge in [0.25, 0.3) is 0 Å². The fraction of sp³-hybridized carbons (Fsp3) is 0.935.